The molecule has 4 heteroatoms. The highest BCUT2D eigenvalue weighted by Crippen LogP contribution is 2.06. The lowest BCUT2D eigenvalue weighted by atomic mass is 10.1. The van der Waals surface area contributed by atoms with Gasteiger partial charge in [0.2, 0.25) is 0 Å². The quantitative estimate of drug-likeness (QED) is 0.200. The minimum absolute atomic E-state index is 0.326. The van der Waals surface area contributed by atoms with E-state index < -0.39 is 11.9 Å². The van der Waals surface area contributed by atoms with Crippen molar-refractivity contribution in [1.82, 2.24) is 0 Å². The van der Waals surface area contributed by atoms with E-state index in [1.807, 2.05) is 19.1 Å². The van der Waals surface area contributed by atoms with Crippen molar-refractivity contribution >= 4 is 11.9 Å². The number of ether oxygens (including phenoxy) is 2. The molecule has 0 saturated heterocycles. The molecule has 0 amide bonds. The highest BCUT2D eigenvalue weighted by Gasteiger charge is 2.00. The van der Waals surface area contributed by atoms with Crippen LogP contribution in [0.4, 0.5) is 0 Å². The zero-order valence-corrected chi connectivity index (χ0v) is 14.7. The van der Waals surface area contributed by atoms with Crippen LogP contribution in [-0.2, 0) is 19.1 Å². The molecule has 0 atom stereocenters. The SMILES string of the molecule is CC/C=C/CCOC(=O)/C=C/C(=O)OCCCCCCCCC. The van der Waals surface area contributed by atoms with Gasteiger partial charge in [-0.3, -0.25) is 0 Å². The Morgan fingerprint density at radius 3 is 1.91 bits per heavy atom. The summed E-state index contributed by atoms with van der Waals surface area (Å²) in [5.74, 6) is -0.999. The van der Waals surface area contributed by atoms with Gasteiger partial charge in [-0.25, -0.2) is 9.59 Å². The maximum absolute atomic E-state index is 11.4. The fourth-order valence-electron chi connectivity index (χ4n) is 1.98. The fourth-order valence-corrected chi connectivity index (χ4v) is 1.98. The molecular weight excluding hydrogens is 292 g/mol. The van der Waals surface area contributed by atoms with Crippen LogP contribution in [-0.4, -0.2) is 25.2 Å². The zero-order valence-electron chi connectivity index (χ0n) is 14.7. The monoisotopic (exact) mass is 324 g/mol. The molecule has 4 nitrogen and oxygen atoms in total. The van der Waals surface area contributed by atoms with Crippen LogP contribution in [0.25, 0.3) is 0 Å². The first kappa shape index (κ1) is 21.4. The standard InChI is InChI=1S/C19H32O4/c1-3-5-7-9-10-11-13-17-23-19(21)15-14-18(20)22-16-12-8-6-4-2/h6,8,14-15H,3-5,7,9-13,16-17H2,1-2H3/b8-6+,15-14+. The van der Waals surface area contributed by atoms with Crippen LogP contribution in [0.2, 0.25) is 0 Å². The lowest BCUT2D eigenvalue weighted by Crippen LogP contribution is -2.06. The number of carbonyl (C=O) groups excluding carboxylic acids is 2. The minimum atomic E-state index is -0.511. The molecular formula is C19H32O4. The van der Waals surface area contributed by atoms with Crippen LogP contribution in [0.15, 0.2) is 24.3 Å². The van der Waals surface area contributed by atoms with Crippen LogP contribution in [0.3, 0.4) is 0 Å². The Morgan fingerprint density at radius 2 is 1.30 bits per heavy atom. The molecule has 0 aromatic heterocycles. The molecule has 0 N–H and O–H groups in total. The predicted octanol–water partition coefficient (Wildman–Crippen LogP) is 4.74. The number of hydrogen-bond donors (Lipinski definition) is 0. The molecule has 0 bridgehead atoms. The van der Waals surface area contributed by atoms with Crippen LogP contribution < -0.4 is 0 Å². The third kappa shape index (κ3) is 16.6. The van der Waals surface area contributed by atoms with E-state index in [0.717, 1.165) is 31.4 Å². The maximum atomic E-state index is 11.4. The molecule has 0 aliphatic carbocycles. The summed E-state index contributed by atoms with van der Waals surface area (Å²) < 4.78 is 9.98. The first-order valence-corrected chi connectivity index (χ1v) is 8.87. The second-order valence-corrected chi connectivity index (χ2v) is 5.46. The van der Waals surface area contributed by atoms with E-state index in [2.05, 4.69) is 6.92 Å². The van der Waals surface area contributed by atoms with Crippen molar-refractivity contribution in [2.24, 2.45) is 0 Å². The van der Waals surface area contributed by atoms with Crippen LogP contribution in [0.5, 0.6) is 0 Å². The third-order valence-corrected chi connectivity index (χ3v) is 3.28. The van der Waals surface area contributed by atoms with Crippen LogP contribution in [0, 0.1) is 0 Å². The summed E-state index contributed by atoms with van der Waals surface area (Å²) in [5, 5.41) is 0. The van der Waals surface area contributed by atoms with Gasteiger partial charge >= 0.3 is 11.9 Å². The predicted molar refractivity (Wildman–Crippen MR) is 93.1 cm³/mol. The number of esters is 2. The maximum Gasteiger partial charge on any atom is 0.331 e. The van der Waals surface area contributed by atoms with E-state index in [4.69, 9.17) is 9.47 Å². The first-order valence-electron chi connectivity index (χ1n) is 8.87. The molecule has 0 saturated carbocycles. The Kier molecular flexibility index (Phi) is 15.6. The number of unbranched alkanes of at least 4 members (excludes halogenated alkanes) is 6. The number of rotatable bonds is 14. The van der Waals surface area contributed by atoms with E-state index >= 15 is 0 Å². The van der Waals surface area contributed by atoms with Gasteiger partial charge in [0, 0.05) is 12.2 Å². The van der Waals surface area contributed by atoms with Gasteiger partial charge in [-0.05, 0) is 19.3 Å². The minimum Gasteiger partial charge on any atom is -0.463 e. The summed E-state index contributed by atoms with van der Waals surface area (Å²) in [6.07, 6.45) is 16.1. The number of carbonyl (C=O) groups is 2. The molecule has 23 heavy (non-hydrogen) atoms. The Labute approximate surface area is 140 Å². The summed E-state index contributed by atoms with van der Waals surface area (Å²) in [5.41, 5.74) is 0. The van der Waals surface area contributed by atoms with Crippen molar-refractivity contribution < 1.29 is 19.1 Å². The van der Waals surface area contributed by atoms with Crippen LogP contribution in [0.1, 0.15) is 71.6 Å². The van der Waals surface area contributed by atoms with E-state index in [0.29, 0.717) is 19.6 Å². The Balaban J connectivity index is 3.53. The Bertz CT molecular complexity index is 358. The largest absolute Gasteiger partial charge is 0.463 e. The molecule has 0 rings (SSSR count). The molecule has 132 valence electrons. The molecule has 0 aromatic carbocycles. The zero-order chi connectivity index (χ0) is 17.2. The highest BCUT2D eigenvalue weighted by molar-refractivity contribution is 5.91. The average Bonchev–Trinajstić information content (AvgIpc) is 2.55. The molecule has 0 heterocycles. The van der Waals surface area contributed by atoms with Crippen molar-refractivity contribution in [1.29, 1.82) is 0 Å². The van der Waals surface area contributed by atoms with Crippen molar-refractivity contribution in [2.45, 2.75) is 71.6 Å². The van der Waals surface area contributed by atoms with Crippen molar-refractivity contribution in [3.63, 3.8) is 0 Å². The summed E-state index contributed by atoms with van der Waals surface area (Å²) in [6.45, 7) is 4.98. The van der Waals surface area contributed by atoms with E-state index in [1.165, 1.54) is 32.1 Å². The first-order chi connectivity index (χ1) is 11.2. The third-order valence-electron chi connectivity index (χ3n) is 3.28. The molecule has 0 spiro atoms. The van der Waals surface area contributed by atoms with Gasteiger partial charge in [-0.1, -0.05) is 64.5 Å². The summed E-state index contributed by atoms with van der Waals surface area (Å²) >= 11 is 0. The second kappa shape index (κ2) is 16.8. The average molecular weight is 324 g/mol. The normalized spacial score (nSPS) is 11.2. The lowest BCUT2D eigenvalue weighted by Gasteiger charge is -2.02. The molecule has 0 aliphatic rings. The topological polar surface area (TPSA) is 52.6 Å². The van der Waals surface area contributed by atoms with Gasteiger partial charge in [0.05, 0.1) is 13.2 Å². The molecule has 0 unspecified atom stereocenters. The molecule has 0 radical (unpaired) electrons. The van der Waals surface area contributed by atoms with E-state index in [9.17, 15) is 9.59 Å². The summed E-state index contributed by atoms with van der Waals surface area (Å²) in [4.78, 5) is 22.7. The number of allylic oxidation sites excluding steroid dienone is 1. The van der Waals surface area contributed by atoms with Gasteiger partial charge in [-0.2, -0.15) is 0 Å². The summed E-state index contributed by atoms with van der Waals surface area (Å²) in [7, 11) is 0. The van der Waals surface area contributed by atoms with Gasteiger partial charge in [0.25, 0.3) is 0 Å². The van der Waals surface area contributed by atoms with Crippen molar-refractivity contribution in [3.8, 4) is 0 Å². The highest BCUT2D eigenvalue weighted by atomic mass is 16.5. The van der Waals surface area contributed by atoms with Gasteiger partial charge in [-0.15, -0.1) is 0 Å². The van der Waals surface area contributed by atoms with Gasteiger partial charge in [0.1, 0.15) is 0 Å². The van der Waals surface area contributed by atoms with Gasteiger partial charge in [0.15, 0.2) is 0 Å². The van der Waals surface area contributed by atoms with Crippen molar-refractivity contribution in [3.05, 3.63) is 24.3 Å². The van der Waals surface area contributed by atoms with E-state index in [1.54, 1.807) is 0 Å². The van der Waals surface area contributed by atoms with E-state index in [-0.39, 0.29) is 0 Å². The number of hydrogen-bond acceptors (Lipinski definition) is 4. The molecule has 0 fully saturated rings. The fraction of sp³-hybridized carbons (Fsp3) is 0.684. The Hall–Kier alpha value is -1.58. The molecule has 0 aliphatic heterocycles. The summed E-state index contributed by atoms with van der Waals surface area (Å²) in [6, 6.07) is 0. The Morgan fingerprint density at radius 1 is 0.739 bits per heavy atom. The lowest BCUT2D eigenvalue weighted by molar-refractivity contribution is -0.140. The van der Waals surface area contributed by atoms with Gasteiger partial charge < -0.3 is 9.47 Å². The van der Waals surface area contributed by atoms with Crippen LogP contribution >= 0.6 is 0 Å². The second-order valence-electron chi connectivity index (χ2n) is 5.46. The van der Waals surface area contributed by atoms with Crippen molar-refractivity contribution in [2.75, 3.05) is 13.2 Å². The molecule has 0 aromatic rings. The smallest absolute Gasteiger partial charge is 0.331 e.